The molecule has 0 aromatic heterocycles. The van der Waals surface area contributed by atoms with Crippen LogP contribution in [0.4, 0.5) is 10.5 Å². The van der Waals surface area contributed by atoms with Crippen molar-refractivity contribution in [1.82, 2.24) is 4.90 Å². The summed E-state index contributed by atoms with van der Waals surface area (Å²) in [5, 5.41) is 12.2. The number of rotatable bonds is 4. The fraction of sp³-hybridized carbons (Fsp3) is 0.333. The van der Waals surface area contributed by atoms with Gasteiger partial charge in [-0.2, -0.15) is 5.26 Å². The van der Waals surface area contributed by atoms with E-state index < -0.39 is 0 Å². The van der Waals surface area contributed by atoms with E-state index in [9.17, 15) is 4.79 Å². The molecule has 0 heterocycles. The highest BCUT2D eigenvalue weighted by Crippen LogP contribution is 2.32. The van der Waals surface area contributed by atoms with Crippen LogP contribution in [0.5, 0.6) is 0 Å². The number of hydrogen-bond donors (Lipinski definition) is 1. The van der Waals surface area contributed by atoms with Crippen LogP contribution < -0.4 is 5.32 Å². The van der Waals surface area contributed by atoms with E-state index in [0.29, 0.717) is 5.56 Å². The molecule has 0 aliphatic heterocycles. The molecule has 25 heavy (non-hydrogen) atoms. The van der Waals surface area contributed by atoms with E-state index in [4.69, 9.17) is 5.26 Å². The number of hydrogen-bond acceptors (Lipinski definition) is 2. The number of carbonyl (C=O) groups is 1. The predicted octanol–water partition coefficient (Wildman–Crippen LogP) is 5.10. The molecule has 4 nitrogen and oxygen atoms in total. The van der Waals surface area contributed by atoms with Gasteiger partial charge in [0.2, 0.25) is 0 Å². The van der Waals surface area contributed by atoms with Gasteiger partial charge in [0.1, 0.15) is 0 Å². The van der Waals surface area contributed by atoms with E-state index in [1.807, 2.05) is 60.4 Å². The summed E-state index contributed by atoms with van der Waals surface area (Å²) in [5.74, 6) is 0. The van der Waals surface area contributed by atoms with Crippen molar-refractivity contribution < 1.29 is 4.79 Å². The minimum Gasteiger partial charge on any atom is -0.315 e. The van der Waals surface area contributed by atoms with Gasteiger partial charge in [0.15, 0.2) is 0 Å². The Kier molecular flexibility index (Phi) is 5.35. The lowest BCUT2D eigenvalue weighted by atomic mass is 10.0. The van der Waals surface area contributed by atoms with Gasteiger partial charge in [-0.05, 0) is 49.6 Å². The third-order valence-electron chi connectivity index (χ3n) is 4.89. The monoisotopic (exact) mass is 333 g/mol. The summed E-state index contributed by atoms with van der Waals surface area (Å²) in [6.45, 7) is 2.04. The molecular weight excluding hydrogens is 310 g/mol. The van der Waals surface area contributed by atoms with Gasteiger partial charge in [-0.3, -0.25) is 0 Å². The van der Waals surface area contributed by atoms with Crippen molar-refractivity contribution in [3.05, 3.63) is 65.7 Å². The first kappa shape index (κ1) is 17.0. The normalized spacial score (nSPS) is 15.4. The summed E-state index contributed by atoms with van der Waals surface area (Å²) in [5.41, 5.74) is 2.42. The molecule has 2 amide bonds. The number of urea groups is 1. The Balaban J connectivity index is 1.86. The Morgan fingerprint density at radius 1 is 1.16 bits per heavy atom. The summed E-state index contributed by atoms with van der Waals surface area (Å²) >= 11 is 0. The fourth-order valence-corrected chi connectivity index (χ4v) is 3.58. The van der Waals surface area contributed by atoms with Gasteiger partial charge in [-0.25, -0.2) is 4.79 Å². The number of nitrogens with zero attached hydrogens (tertiary/aromatic N) is 2. The SMILES string of the molecule is CC(c1cccc(C#N)c1)N(C(=O)Nc1ccccc1)C1CCCC1. The first-order valence-electron chi connectivity index (χ1n) is 8.83. The Hall–Kier alpha value is -2.80. The molecule has 0 spiro atoms. The summed E-state index contributed by atoms with van der Waals surface area (Å²) in [7, 11) is 0. The highest BCUT2D eigenvalue weighted by Gasteiger charge is 2.31. The maximum absolute atomic E-state index is 13.0. The van der Waals surface area contributed by atoms with Crippen LogP contribution in [-0.4, -0.2) is 17.0 Å². The topological polar surface area (TPSA) is 56.1 Å². The summed E-state index contributed by atoms with van der Waals surface area (Å²) < 4.78 is 0. The Morgan fingerprint density at radius 3 is 2.56 bits per heavy atom. The fourth-order valence-electron chi connectivity index (χ4n) is 3.58. The third kappa shape index (κ3) is 4.00. The van der Waals surface area contributed by atoms with Crippen LogP contribution in [0.15, 0.2) is 54.6 Å². The molecule has 1 aliphatic carbocycles. The minimum atomic E-state index is -0.0832. The van der Waals surface area contributed by atoms with Crippen molar-refractivity contribution in [2.75, 3.05) is 5.32 Å². The molecule has 2 aromatic rings. The van der Waals surface area contributed by atoms with Crippen molar-refractivity contribution in [2.24, 2.45) is 0 Å². The van der Waals surface area contributed by atoms with E-state index in [1.54, 1.807) is 6.07 Å². The van der Waals surface area contributed by atoms with Crippen LogP contribution in [0.25, 0.3) is 0 Å². The molecule has 0 bridgehead atoms. The number of amides is 2. The van der Waals surface area contributed by atoms with Gasteiger partial charge in [0.25, 0.3) is 0 Å². The van der Waals surface area contributed by atoms with Gasteiger partial charge in [-0.15, -0.1) is 0 Å². The molecule has 1 saturated carbocycles. The number of nitriles is 1. The molecule has 2 aromatic carbocycles. The van der Waals surface area contributed by atoms with Crippen LogP contribution in [0.1, 0.15) is 49.8 Å². The van der Waals surface area contributed by atoms with Crippen LogP contribution >= 0.6 is 0 Å². The number of nitrogens with one attached hydrogen (secondary N) is 1. The van der Waals surface area contributed by atoms with Crippen LogP contribution in [-0.2, 0) is 0 Å². The molecule has 1 unspecified atom stereocenters. The Bertz CT molecular complexity index is 760. The van der Waals surface area contributed by atoms with Crippen molar-refractivity contribution in [3.63, 3.8) is 0 Å². The lowest BCUT2D eigenvalue weighted by Crippen LogP contribution is -2.43. The van der Waals surface area contributed by atoms with Gasteiger partial charge in [0.05, 0.1) is 17.7 Å². The standard InChI is InChI=1S/C21H23N3O/c1-16(18-9-7-8-17(14-18)15-22)24(20-12-5-6-13-20)21(25)23-19-10-3-2-4-11-19/h2-4,7-11,14,16,20H,5-6,12-13H2,1H3,(H,23,25). The average Bonchev–Trinajstić information content (AvgIpc) is 3.17. The van der Waals surface area contributed by atoms with Crippen molar-refractivity contribution >= 4 is 11.7 Å². The maximum atomic E-state index is 13.0. The number of para-hydroxylation sites is 1. The molecule has 1 aliphatic rings. The van der Waals surface area contributed by atoms with Crippen molar-refractivity contribution in [2.45, 2.75) is 44.7 Å². The van der Waals surface area contributed by atoms with Gasteiger partial charge < -0.3 is 10.2 Å². The first-order valence-corrected chi connectivity index (χ1v) is 8.83. The third-order valence-corrected chi connectivity index (χ3v) is 4.89. The number of anilines is 1. The van der Waals surface area contributed by atoms with Gasteiger partial charge >= 0.3 is 6.03 Å². The van der Waals surface area contributed by atoms with Crippen LogP contribution in [0, 0.1) is 11.3 Å². The summed E-state index contributed by atoms with van der Waals surface area (Å²) in [6.07, 6.45) is 4.38. The highest BCUT2D eigenvalue weighted by atomic mass is 16.2. The minimum absolute atomic E-state index is 0.0760. The lowest BCUT2D eigenvalue weighted by molar-refractivity contribution is 0.162. The second-order valence-electron chi connectivity index (χ2n) is 6.55. The molecule has 1 fully saturated rings. The van der Waals surface area contributed by atoms with E-state index in [-0.39, 0.29) is 18.1 Å². The zero-order chi connectivity index (χ0) is 17.6. The van der Waals surface area contributed by atoms with E-state index in [0.717, 1.165) is 36.9 Å². The van der Waals surface area contributed by atoms with E-state index >= 15 is 0 Å². The number of benzene rings is 2. The van der Waals surface area contributed by atoms with Gasteiger partial charge in [0, 0.05) is 11.7 Å². The first-order chi connectivity index (χ1) is 12.2. The van der Waals surface area contributed by atoms with E-state index in [2.05, 4.69) is 11.4 Å². The zero-order valence-corrected chi connectivity index (χ0v) is 14.5. The molecule has 1 atom stereocenters. The molecule has 3 rings (SSSR count). The average molecular weight is 333 g/mol. The molecule has 0 saturated heterocycles. The van der Waals surface area contributed by atoms with Crippen molar-refractivity contribution in [3.8, 4) is 6.07 Å². The highest BCUT2D eigenvalue weighted by molar-refractivity contribution is 5.89. The second-order valence-corrected chi connectivity index (χ2v) is 6.55. The smallest absolute Gasteiger partial charge is 0.315 e. The Morgan fingerprint density at radius 2 is 1.88 bits per heavy atom. The van der Waals surface area contributed by atoms with E-state index in [1.165, 1.54) is 0 Å². The second kappa shape index (κ2) is 7.85. The zero-order valence-electron chi connectivity index (χ0n) is 14.5. The molecule has 4 heteroatoms. The largest absolute Gasteiger partial charge is 0.322 e. The lowest BCUT2D eigenvalue weighted by Gasteiger charge is -2.35. The quantitative estimate of drug-likeness (QED) is 0.846. The summed E-state index contributed by atoms with van der Waals surface area (Å²) in [6, 6.07) is 19.3. The van der Waals surface area contributed by atoms with Crippen LogP contribution in [0.3, 0.4) is 0 Å². The summed E-state index contributed by atoms with van der Waals surface area (Å²) in [4.78, 5) is 15.0. The molecule has 0 radical (unpaired) electrons. The predicted molar refractivity (Wildman–Crippen MR) is 99.1 cm³/mol. The van der Waals surface area contributed by atoms with Crippen LogP contribution in [0.2, 0.25) is 0 Å². The van der Waals surface area contributed by atoms with Crippen molar-refractivity contribution in [1.29, 1.82) is 5.26 Å². The Labute approximate surface area is 149 Å². The molecule has 128 valence electrons. The van der Waals surface area contributed by atoms with Gasteiger partial charge in [-0.1, -0.05) is 43.2 Å². The molecular formula is C21H23N3O. The molecule has 1 N–H and O–H groups in total. The number of carbonyl (C=O) groups excluding carboxylic acids is 1. The maximum Gasteiger partial charge on any atom is 0.322 e.